The molecular formula is C22H29FN4O2. The predicted molar refractivity (Wildman–Crippen MR) is 109 cm³/mol. The number of benzene rings is 1. The molecule has 7 heteroatoms. The van der Waals surface area contributed by atoms with Gasteiger partial charge < -0.3 is 15.0 Å². The molecule has 2 aliphatic rings. The Bertz CT molecular complexity index is 843. The molecule has 2 aromatic rings. The largest absolute Gasteiger partial charge is 0.378 e. The number of halogens is 1. The van der Waals surface area contributed by atoms with Crippen LogP contribution in [0.25, 0.3) is 0 Å². The molecular weight excluding hydrogens is 371 g/mol. The fourth-order valence-corrected chi connectivity index (χ4v) is 4.28. The number of aromatic nitrogens is 2. The summed E-state index contributed by atoms with van der Waals surface area (Å²) in [6.07, 6.45) is 3.65. The van der Waals surface area contributed by atoms with Gasteiger partial charge in [0, 0.05) is 36.9 Å². The second-order valence-corrected chi connectivity index (χ2v) is 7.76. The number of rotatable bonds is 6. The molecule has 0 radical (unpaired) electrons. The van der Waals surface area contributed by atoms with Crippen LogP contribution in [0.3, 0.4) is 0 Å². The van der Waals surface area contributed by atoms with Crippen LogP contribution < -0.4 is 5.32 Å². The molecule has 0 bridgehead atoms. The Hall–Kier alpha value is -2.25. The van der Waals surface area contributed by atoms with Crippen LogP contribution in [-0.4, -0.2) is 59.5 Å². The molecule has 1 saturated heterocycles. The van der Waals surface area contributed by atoms with Crippen molar-refractivity contribution >= 4 is 5.91 Å². The Morgan fingerprint density at radius 3 is 2.76 bits per heavy atom. The van der Waals surface area contributed by atoms with Gasteiger partial charge in [0.05, 0.1) is 13.2 Å². The highest BCUT2D eigenvalue weighted by molar-refractivity contribution is 5.94. The lowest BCUT2D eigenvalue weighted by atomic mass is 9.91. The second-order valence-electron chi connectivity index (χ2n) is 7.76. The average Bonchev–Trinajstić information content (AvgIpc) is 3.13. The van der Waals surface area contributed by atoms with Gasteiger partial charge in [-0.1, -0.05) is 12.1 Å². The number of hydrogen-bond donors (Lipinski definition) is 1. The number of hydrogen-bond acceptors (Lipinski definition) is 4. The topological polar surface area (TPSA) is 59.4 Å². The first-order chi connectivity index (χ1) is 14.2. The van der Waals surface area contributed by atoms with Crippen LogP contribution in [0.2, 0.25) is 0 Å². The fraction of sp³-hybridized carbons (Fsp3) is 0.545. The second kappa shape index (κ2) is 9.05. The Morgan fingerprint density at radius 1 is 1.28 bits per heavy atom. The number of carbonyl (C=O) groups excluding carboxylic acids is 1. The maximum atomic E-state index is 13.1. The lowest BCUT2D eigenvalue weighted by Gasteiger charge is -2.28. The Balaban J connectivity index is 1.42. The van der Waals surface area contributed by atoms with Crippen LogP contribution in [0.5, 0.6) is 0 Å². The van der Waals surface area contributed by atoms with Crippen molar-refractivity contribution in [3.8, 4) is 0 Å². The van der Waals surface area contributed by atoms with Crippen LogP contribution in [-0.2, 0) is 30.5 Å². The van der Waals surface area contributed by atoms with E-state index in [0.717, 1.165) is 49.9 Å². The van der Waals surface area contributed by atoms with Gasteiger partial charge in [0.15, 0.2) is 5.69 Å². The summed E-state index contributed by atoms with van der Waals surface area (Å²) in [5.74, 6) is -0.171. The molecule has 6 nitrogen and oxygen atoms in total. The van der Waals surface area contributed by atoms with E-state index in [1.165, 1.54) is 17.8 Å². The van der Waals surface area contributed by atoms with Crippen LogP contribution in [0, 0.1) is 5.82 Å². The SMILES string of the molecule is CCn1nc(C(=O)N2CCOCC2)c2c1CCC(NCCc1ccc(F)cc1)C2. The highest BCUT2D eigenvalue weighted by Crippen LogP contribution is 2.26. The van der Waals surface area contributed by atoms with E-state index >= 15 is 0 Å². The molecule has 1 amide bonds. The number of aryl methyl sites for hydroxylation is 1. The molecule has 1 aromatic heterocycles. The van der Waals surface area contributed by atoms with E-state index in [0.29, 0.717) is 38.0 Å². The molecule has 1 aromatic carbocycles. The first kappa shape index (κ1) is 20.0. The van der Waals surface area contributed by atoms with Gasteiger partial charge in [0.1, 0.15) is 5.82 Å². The van der Waals surface area contributed by atoms with Crippen LogP contribution in [0.4, 0.5) is 4.39 Å². The lowest BCUT2D eigenvalue weighted by Crippen LogP contribution is -2.42. The molecule has 0 spiro atoms. The summed E-state index contributed by atoms with van der Waals surface area (Å²) in [6, 6.07) is 7.00. The van der Waals surface area contributed by atoms with Crippen molar-refractivity contribution in [3.05, 3.63) is 52.6 Å². The molecule has 0 saturated carbocycles. The molecule has 1 unspecified atom stereocenters. The van der Waals surface area contributed by atoms with Gasteiger partial charge in [-0.15, -0.1) is 0 Å². The highest BCUT2D eigenvalue weighted by atomic mass is 19.1. The molecule has 1 N–H and O–H groups in total. The van der Waals surface area contributed by atoms with Gasteiger partial charge in [-0.05, 0) is 56.8 Å². The Morgan fingerprint density at radius 2 is 2.03 bits per heavy atom. The quantitative estimate of drug-likeness (QED) is 0.808. The molecule has 1 atom stereocenters. The summed E-state index contributed by atoms with van der Waals surface area (Å²) in [5, 5.41) is 8.30. The number of fused-ring (bicyclic) bond motifs is 1. The number of carbonyl (C=O) groups is 1. The van der Waals surface area contributed by atoms with Crippen LogP contribution >= 0.6 is 0 Å². The molecule has 156 valence electrons. The first-order valence-corrected chi connectivity index (χ1v) is 10.6. The maximum Gasteiger partial charge on any atom is 0.274 e. The van der Waals surface area contributed by atoms with Crippen molar-refractivity contribution in [1.82, 2.24) is 20.0 Å². The lowest BCUT2D eigenvalue weighted by molar-refractivity contribution is 0.0297. The zero-order chi connectivity index (χ0) is 20.2. The number of amides is 1. The Labute approximate surface area is 171 Å². The van der Waals surface area contributed by atoms with Crippen molar-refractivity contribution in [2.24, 2.45) is 0 Å². The molecule has 29 heavy (non-hydrogen) atoms. The Kier molecular flexibility index (Phi) is 6.25. The van der Waals surface area contributed by atoms with E-state index in [9.17, 15) is 9.18 Å². The summed E-state index contributed by atoms with van der Waals surface area (Å²) in [4.78, 5) is 14.9. The monoisotopic (exact) mass is 400 g/mol. The van der Waals surface area contributed by atoms with Crippen molar-refractivity contribution in [1.29, 1.82) is 0 Å². The van der Waals surface area contributed by atoms with Crippen molar-refractivity contribution in [2.75, 3.05) is 32.8 Å². The van der Waals surface area contributed by atoms with Crippen LogP contribution in [0.15, 0.2) is 24.3 Å². The molecule has 2 heterocycles. The minimum absolute atomic E-state index is 0.0312. The summed E-state index contributed by atoms with van der Waals surface area (Å²) in [7, 11) is 0. The van der Waals surface area contributed by atoms with E-state index in [-0.39, 0.29) is 11.7 Å². The zero-order valence-corrected chi connectivity index (χ0v) is 17.0. The minimum Gasteiger partial charge on any atom is -0.378 e. The van der Waals surface area contributed by atoms with E-state index in [4.69, 9.17) is 4.74 Å². The number of nitrogens with one attached hydrogen (secondary N) is 1. The van der Waals surface area contributed by atoms with Crippen molar-refractivity contribution in [2.45, 2.75) is 45.2 Å². The smallest absolute Gasteiger partial charge is 0.274 e. The van der Waals surface area contributed by atoms with Gasteiger partial charge in [0.2, 0.25) is 0 Å². The fourth-order valence-electron chi connectivity index (χ4n) is 4.28. The molecule has 1 fully saturated rings. The molecule has 4 rings (SSSR count). The normalized spacial score (nSPS) is 19.2. The van der Waals surface area contributed by atoms with Gasteiger partial charge in [-0.25, -0.2) is 4.39 Å². The number of ether oxygens (including phenoxy) is 1. The van der Waals surface area contributed by atoms with Gasteiger partial charge in [-0.2, -0.15) is 5.10 Å². The van der Waals surface area contributed by atoms with E-state index in [1.54, 1.807) is 0 Å². The summed E-state index contributed by atoms with van der Waals surface area (Å²) in [6.45, 7) is 6.13. The molecule has 1 aliphatic carbocycles. The summed E-state index contributed by atoms with van der Waals surface area (Å²) in [5.41, 5.74) is 4.06. The maximum absolute atomic E-state index is 13.1. The van der Waals surface area contributed by atoms with E-state index in [1.807, 2.05) is 21.7 Å². The zero-order valence-electron chi connectivity index (χ0n) is 17.0. The third kappa shape index (κ3) is 4.51. The third-order valence-corrected chi connectivity index (χ3v) is 5.91. The van der Waals surface area contributed by atoms with Crippen molar-refractivity contribution < 1.29 is 13.9 Å². The minimum atomic E-state index is -0.202. The predicted octanol–water partition coefficient (Wildman–Crippen LogP) is 2.20. The third-order valence-electron chi connectivity index (χ3n) is 5.91. The van der Waals surface area contributed by atoms with Gasteiger partial charge in [-0.3, -0.25) is 9.48 Å². The van der Waals surface area contributed by atoms with Crippen molar-refractivity contribution in [3.63, 3.8) is 0 Å². The number of nitrogens with zero attached hydrogens (tertiary/aromatic N) is 3. The average molecular weight is 400 g/mol. The van der Waals surface area contributed by atoms with E-state index < -0.39 is 0 Å². The summed E-state index contributed by atoms with van der Waals surface area (Å²) >= 11 is 0. The van der Waals surface area contributed by atoms with Gasteiger partial charge in [0.25, 0.3) is 5.91 Å². The number of morpholine rings is 1. The molecule has 1 aliphatic heterocycles. The highest BCUT2D eigenvalue weighted by Gasteiger charge is 2.31. The standard InChI is InChI=1S/C22H29FN4O2/c1-2-27-20-8-7-18(24-10-9-16-3-5-17(23)6-4-16)15-19(20)21(25-27)22(28)26-11-13-29-14-12-26/h3-6,18,24H,2,7-15H2,1H3. The van der Waals surface area contributed by atoms with Gasteiger partial charge >= 0.3 is 0 Å². The first-order valence-electron chi connectivity index (χ1n) is 10.6. The summed E-state index contributed by atoms with van der Waals surface area (Å²) < 4.78 is 20.4. The van der Waals surface area contributed by atoms with Crippen LogP contribution in [0.1, 0.15) is 40.7 Å². The van der Waals surface area contributed by atoms with E-state index in [2.05, 4.69) is 17.3 Å².